The van der Waals surface area contributed by atoms with E-state index in [0.29, 0.717) is 26.6 Å². The molecule has 0 saturated heterocycles. The summed E-state index contributed by atoms with van der Waals surface area (Å²) in [7, 11) is -4.01. The predicted molar refractivity (Wildman–Crippen MR) is 103 cm³/mol. The molecule has 0 fully saturated rings. The molecule has 0 aliphatic rings. The summed E-state index contributed by atoms with van der Waals surface area (Å²) in [5.41, 5.74) is -0.166. The van der Waals surface area contributed by atoms with Crippen LogP contribution in [0, 0.1) is 0 Å². The van der Waals surface area contributed by atoms with E-state index in [9.17, 15) is 13.2 Å². The Labute approximate surface area is 161 Å². The smallest absolute Gasteiger partial charge is 0.355 e. The normalized spacial score (nSPS) is 12.1. The SMILES string of the molecule is O=c1oc2ccc(Br)cc2cc1S(=O)(=O)C=Cc1ccc(Cl)cc1Cl. The predicted octanol–water partition coefficient (Wildman–Crippen LogP) is 5.31. The Balaban J connectivity index is 2.07. The first-order chi connectivity index (χ1) is 11.8. The highest BCUT2D eigenvalue weighted by molar-refractivity contribution is 9.10. The first-order valence-electron chi connectivity index (χ1n) is 6.88. The molecule has 25 heavy (non-hydrogen) atoms. The molecule has 0 spiro atoms. The second-order valence-corrected chi connectivity index (χ2v) is 8.66. The van der Waals surface area contributed by atoms with Crippen LogP contribution in [0.4, 0.5) is 0 Å². The third kappa shape index (κ3) is 3.98. The maximum Gasteiger partial charge on any atom is 0.355 e. The zero-order valence-electron chi connectivity index (χ0n) is 12.4. The van der Waals surface area contributed by atoms with E-state index in [2.05, 4.69) is 15.9 Å². The molecule has 1 aromatic heterocycles. The summed E-state index contributed by atoms with van der Waals surface area (Å²) in [6, 6.07) is 10.9. The monoisotopic (exact) mass is 458 g/mol. The molecule has 0 atom stereocenters. The van der Waals surface area contributed by atoms with Crippen LogP contribution in [0.2, 0.25) is 10.0 Å². The van der Waals surface area contributed by atoms with Gasteiger partial charge in [-0.15, -0.1) is 0 Å². The maximum absolute atomic E-state index is 12.5. The number of rotatable bonds is 3. The van der Waals surface area contributed by atoms with Crippen LogP contribution in [0.1, 0.15) is 5.56 Å². The summed E-state index contributed by atoms with van der Waals surface area (Å²) in [5.74, 6) is 0. The van der Waals surface area contributed by atoms with Gasteiger partial charge in [0.2, 0.25) is 9.84 Å². The molecule has 0 aliphatic heterocycles. The van der Waals surface area contributed by atoms with E-state index in [1.807, 2.05) is 0 Å². The Bertz CT molecular complexity index is 1170. The van der Waals surface area contributed by atoms with E-state index < -0.39 is 20.4 Å². The first kappa shape index (κ1) is 18.2. The van der Waals surface area contributed by atoms with Gasteiger partial charge in [0.15, 0.2) is 4.90 Å². The van der Waals surface area contributed by atoms with Gasteiger partial charge in [0.05, 0.1) is 0 Å². The van der Waals surface area contributed by atoms with Gasteiger partial charge < -0.3 is 4.42 Å². The fraction of sp³-hybridized carbons (Fsp3) is 0. The quantitative estimate of drug-likeness (QED) is 0.498. The lowest BCUT2D eigenvalue weighted by atomic mass is 10.2. The molecule has 0 N–H and O–H groups in total. The minimum absolute atomic E-state index is 0.299. The summed E-state index contributed by atoms with van der Waals surface area (Å²) in [6.07, 6.45) is 1.30. The van der Waals surface area contributed by atoms with Crippen molar-refractivity contribution in [2.45, 2.75) is 4.90 Å². The summed E-state index contributed by atoms with van der Waals surface area (Å²) < 4.78 is 30.8. The van der Waals surface area contributed by atoms with Crippen LogP contribution in [0.3, 0.4) is 0 Å². The Kier molecular flexibility index (Phi) is 5.06. The van der Waals surface area contributed by atoms with Gasteiger partial charge in [0.25, 0.3) is 0 Å². The van der Waals surface area contributed by atoms with Gasteiger partial charge in [0, 0.05) is 25.3 Å². The van der Waals surface area contributed by atoms with E-state index >= 15 is 0 Å². The van der Waals surface area contributed by atoms with Gasteiger partial charge in [-0.2, -0.15) is 0 Å². The minimum atomic E-state index is -4.01. The largest absolute Gasteiger partial charge is 0.422 e. The van der Waals surface area contributed by atoms with Crippen LogP contribution in [0.25, 0.3) is 17.0 Å². The van der Waals surface area contributed by atoms with E-state index in [0.717, 1.165) is 9.88 Å². The molecule has 0 bridgehead atoms. The van der Waals surface area contributed by atoms with E-state index in [1.54, 1.807) is 30.3 Å². The molecule has 0 saturated carbocycles. The summed E-state index contributed by atoms with van der Waals surface area (Å²) >= 11 is 15.1. The van der Waals surface area contributed by atoms with Crippen molar-refractivity contribution in [2.75, 3.05) is 0 Å². The molecule has 3 rings (SSSR count). The van der Waals surface area contributed by atoms with Crippen LogP contribution < -0.4 is 5.63 Å². The molecule has 128 valence electrons. The van der Waals surface area contributed by atoms with Crippen LogP contribution >= 0.6 is 39.1 Å². The van der Waals surface area contributed by atoms with Crippen molar-refractivity contribution < 1.29 is 12.8 Å². The van der Waals surface area contributed by atoms with Crippen LogP contribution in [0.5, 0.6) is 0 Å². The van der Waals surface area contributed by atoms with E-state index in [4.69, 9.17) is 27.6 Å². The molecular formula is C17H9BrCl2O4S. The van der Waals surface area contributed by atoms with Crippen molar-refractivity contribution in [3.8, 4) is 0 Å². The van der Waals surface area contributed by atoms with Crippen LogP contribution in [-0.4, -0.2) is 8.42 Å². The summed E-state index contributed by atoms with van der Waals surface area (Å²) in [6.45, 7) is 0. The van der Waals surface area contributed by atoms with Gasteiger partial charge in [-0.3, -0.25) is 0 Å². The molecule has 2 aromatic carbocycles. The second-order valence-electron chi connectivity index (χ2n) is 5.09. The van der Waals surface area contributed by atoms with Gasteiger partial charge in [-0.1, -0.05) is 45.2 Å². The molecule has 0 aliphatic carbocycles. The molecule has 0 amide bonds. The molecule has 4 nitrogen and oxygen atoms in total. The Morgan fingerprint density at radius 2 is 1.80 bits per heavy atom. The minimum Gasteiger partial charge on any atom is -0.422 e. The van der Waals surface area contributed by atoms with Gasteiger partial charge in [0.1, 0.15) is 5.58 Å². The number of hydrogen-bond donors (Lipinski definition) is 0. The number of sulfone groups is 1. The Hall–Kier alpha value is -1.60. The standard InChI is InChI=1S/C17H9BrCl2O4S/c18-12-2-4-15-11(7-12)8-16(17(21)24-15)25(22,23)6-5-10-1-3-13(19)9-14(10)20/h1-9H. The molecule has 0 radical (unpaired) electrons. The Morgan fingerprint density at radius 1 is 1.04 bits per heavy atom. The van der Waals surface area contributed by atoms with Gasteiger partial charge in [-0.05, 0) is 48.0 Å². The van der Waals surface area contributed by atoms with Crippen molar-refractivity contribution in [2.24, 2.45) is 0 Å². The van der Waals surface area contributed by atoms with Crippen molar-refractivity contribution in [3.63, 3.8) is 0 Å². The number of halogens is 3. The highest BCUT2D eigenvalue weighted by Crippen LogP contribution is 2.24. The second kappa shape index (κ2) is 6.96. The highest BCUT2D eigenvalue weighted by atomic mass is 79.9. The first-order valence-corrected chi connectivity index (χ1v) is 9.97. The van der Waals surface area contributed by atoms with Crippen molar-refractivity contribution in [1.29, 1.82) is 0 Å². The molecule has 0 unspecified atom stereocenters. The Morgan fingerprint density at radius 3 is 2.52 bits per heavy atom. The summed E-state index contributed by atoms with van der Waals surface area (Å²) in [5, 5.41) is 2.14. The highest BCUT2D eigenvalue weighted by Gasteiger charge is 2.18. The lowest BCUT2D eigenvalue weighted by Gasteiger charge is -2.02. The van der Waals surface area contributed by atoms with Crippen molar-refractivity contribution in [3.05, 3.63) is 78.4 Å². The van der Waals surface area contributed by atoms with Crippen molar-refractivity contribution in [1.82, 2.24) is 0 Å². The summed E-state index contributed by atoms with van der Waals surface area (Å²) in [4.78, 5) is 11.6. The average Bonchev–Trinajstić information content (AvgIpc) is 2.53. The molecule has 8 heteroatoms. The van der Waals surface area contributed by atoms with Crippen molar-refractivity contribution >= 4 is 66.0 Å². The molecular weight excluding hydrogens is 451 g/mol. The van der Waals surface area contributed by atoms with E-state index in [1.165, 1.54) is 18.2 Å². The average molecular weight is 460 g/mol. The molecule has 3 aromatic rings. The maximum atomic E-state index is 12.5. The van der Waals surface area contributed by atoms with Crippen LogP contribution in [0.15, 0.2) is 66.5 Å². The fourth-order valence-corrected chi connectivity index (χ4v) is 4.03. The van der Waals surface area contributed by atoms with Gasteiger partial charge >= 0.3 is 5.63 Å². The fourth-order valence-electron chi connectivity index (χ4n) is 2.15. The lowest BCUT2D eigenvalue weighted by molar-refractivity contribution is 0.534. The lowest BCUT2D eigenvalue weighted by Crippen LogP contribution is -2.11. The van der Waals surface area contributed by atoms with Crippen LogP contribution in [-0.2, 0) is 9.84 Å². The number of benzene rings is 2. The zero-order valence-corrected chi connectivity index (χ0v) is 16.3. The van der Waals surface area contributed by atoms with Gasteiger partial charge in [-0.25, -0.2) is 13.2 Å². The number of fused-ring (bicyclic) bond motifs is 1. The third-order valence-electron chi connectivity index (χ3n) is 3.36. The topological polar surface area (TPSA) is 64.3 Å². The van der Waals surface area contributed by atoms with E-state index in [-0.39, 0.29) is 0 Å². The molecule has 1 heterocycles. The third-order valence-corrected chi connectivity index (χ3v) is 5.81. The zero-order chi connectivity index (χ0) is 18.2. The number of hydrogen-bond acceptors (Lipinski definition) is 4.